The van der Waals surface area contributed by atoms with Crippen molar-refractivity contribution in [2.24, 2.45) is 0 Å². The lowest BCUT2D eigenvalue weighted by Gasteiger charge is -2.21. The second-order valence-electron chi connectivity index (χ2n) is 5.92. The van der Waals surface area contributed by atoms with Gasteiger partial charge in [0.05, 0.1) is 19.4 Å². The van der Waals surface area contributed by atoms with Crippen molar-refractivity contribution in [1.29, 1.82) is 0 Å². The van der Waals surface area contributed by atoms with Crippen molar-refractivity contribution in [1.82, 2.24) is 9.88 Å². The highest BCUT2D eigenvalue weighted by atomic mass is 32.1. The minimum atomic E-state index is -0.263. The van der Waals surface area contributed by atoms with Crippen LogP contribution in [0.3, 0.4) is 0 Å². The van der Waals surface area contributed by atoms with Crippen LogP contribution in [0.5, 0.6) is 0 Å². The normalized spacial score (nSPS) is 10.9. The monoisotopic (exact) mass is 364 g/mol. The van der Waals surface area contributed by atoms with E-state index in [9.17, 15) is 9.59 Å². The Morgan fingerprint density at radius 1 is 1.08 bits per heavy atom. The molecule has 1 N–H and O–H groups in total. The minimum absolute atomic E-state index is 0.238. The fraction of sp³-hybridized carbons (Fsp3) is 0.100. The van der Waals surface area contributed by atoms with Gasteiger partial charge in [-0.25, -0.2) is 0 Å². The number of carbonyl (C=O) groups is 1. The molecule has 3 aromatic heterocycles. The van der Waals surface area contributed by atoms with Crippen molar-refractivity contribution in [2.45, 2.75) is 13.1 Å². The van der Waals surface area contributed by atoms with Gasteiger partial charge in [0.2, 0.25) is 0 Å². The van der Waals surface area contributed by atoms with Crippen LogP contribution in [0.4, 0.5) is 0 Å². The Bertz CT molecular complexity index is 1050. The molecule has 0 fully saturated rings. The number of rotatable bonds is 5. The summed E-state index contributed by atoms with van der Waals surface area (Å²) in [5.41, 5.74) is 0.0114. The Kier molecular flexibility index (Phi) is 4.41. The van der Waals surface area contributed by atoms with E-state index in [1.165, 1.54) is 0 Å². The second-order valence-corrected chi connectivity index (χ2v) is 6.95. The van der Waals surface area contributed by atoms with Crippen LogP contribution in [0.15, 0.2) is 75.5 Å². The molecule has 1 aromatic carbocycles. The average Bonchev–Trinajstić information content (AvgIpc) is 3.34. The molecule has 4 aromatic rings. The lowest BCUT2D eigenvalue weighted by atomic mass is 10.1. The summed E-state index contributed by atoms with van der Waals surface area (Å²) < 4.78 is 5.40. The first kappa shape index (κ1) is 16.4. The maximum Gasteiger partial charge on any atom is 0.271 e. The van der Waals surface area contributed by atoms with Crippen molar-refractivity contribution >= 4 is 28.0 Å². The number of benzene rings is 1. The molecule has 6 heteroatoms. The van der Waals surface area contributed by atoms with E-state index in [0.29, 0.717) is 24.2 Å². The van der Waals surface area contributed by atoms with Crippen LogP contribution >= 0.6 is 11.3 Å². The molecule has 0 saturated heterocycles. The van der Waals surface area contributed by atoms with E-state index in [2.05, 4.69) is 4.98 Å². The predicted molar refractivity (Wildman–Crippen MR) is 101 cm³/mol. The first-order chi connectivity index (χ1) is 12.7. The fourth-order valence-corrected chi connectivity index (χ4v) is 3.60. The van der Waals surface area contributed by atoms with Crippen LogP contribution in [0.1, 0.15) is 21.1 Å². The highest BCUT2D eigenvalue weighted by Gasteiger charge is 2.20. The SMILES string of the molecule is O=C(c1cc2ccccc2c(=O)[nH]1)N(Cc1ccco1)Cc1cccs1. The number of aromatic amines is 1. The van der Waals surface area contributed by atoms with Crippen molar-refractivity contribution in [3.63, 3.8) is 0 Å². The van der Waals surface area contributed by atoms with Gasteiger partial charge < -0.3 is 14.3 Å². The van der Waals surface area contributed by atoms with Gasteiger partial charge in [0.15, 0.2) is 0 Å². The third-order valence-electron chi connectivity index (χ3n) is 4.12. The molecule has 1 amide bonds. The number of fused-ring (bicyclic) bond motifs is 1. The minimum Gasteiger partial charge on any atom is -0.467 e. The Balaban J connectivity index is 1.70. The van der Waals surface area contributed by atoms with Gasteiger partial charge in [-0.15, -0.1) is 11.3 Å². The van der Waals surface area contributed by atoms with Gasteiger partial charge in [-0.1, -0.05) is 24.3 Å². The molecule has 130 valence electrons. The molecule has 26 heavy (non-hydrogen) atoms. The Labute approximate surface area is 153 Å². The quantitative estimate of drug-likeness (QED) is 0.581. The van der Waals surface area contributed by atoms with E-state index >= 15 is 0 Å². The summed E-state index contributed by atoms with van der Waals surface area (Å²) in [6.45, 7) is 0.782. The number of hydrogen-bond donors (Lipinski definition) is 1. The molecule has 3 heterocycles. The van der Waals surface area contributed by atoms with E-state index in [0.717, 1.165) is 10.3 Å². The predicted octanol–water partition coefficient (Wildman–Crippen LogP) is 4.03. The van der Waals surface area contributed by atoms with Crippen LogP contribution in [-0.2, 0) is 13.1 Å². The summed E-state index contributed by atoms with van der Waals surface area (Å²) in [5, 5.41) is 3.29. The highest BCUT2D eigenvalue weighted by molar-refractivity contribution is 7.09. The summed E-state index contributed by atoms with van der Waals surface area (Å²) in [5.74, 6) is 0.454. The molecule has 0 saturated carbocycles. The maximum absolute atomic E-state index is 13.1. The number of thiophene rings is 1. The highest BCUT2D eigenvalue weighted by Crippen LogP contribution is 2.18. The van der Waals surface area contributed by atoms with Crippen LogP contribution in [-0.4, -0.2) is 15.8 Å². The van der Waals surface area contributed by atoms with Gasteiger partial charge in [0.25, 0.3) is 11.5 Å². The molecule has 0 radical (unpaired) electrons. The lowest BCUT2D eigenvalue weighted by molar-refractivity contribution is 0.0713. The molecular weight excluding hydrogens is 348 g/mol. The number of hydrogen-bond acceptors (Lipinski definition) is 4. The Morgan fingerprint density at radius 3 is 2.73 bits per heavy atom. The maximum atomic E-state index is 13.1. The van der Waals surface area contributed by atoms with E-state index in [1.807, 2.05) is 35.7 Å². The fourth-order valence-electron chi connectivity index (χ4n) is 2.88. The summed E-state index contributed by atoms with van der Waals surface area (Å²) in [6.07, 6.45) is 1.58. The largest absolute Gasteiger partial charge is 0.467 e. The number of nitrogens with zero attached hydrogens (tertiary/aromatic N) is 1. The zero-order valence-electron chi connectivity index (χ0n) is 13.8. The number of amides is 1. The van der Waals surface area contributed by atoms with Gasteiger partial charge in [-0.2, -0.15) is 0 Å². The smallest absolute Gasteiger partial charge is 0.271 e. The topological polar surface area (TPSA) is 66.3 Å². The molecular formula is C20H16N2O3S. The summed E-state index contributed by atoms with van der Waals surface area (Å²) >= 11 is 1.59. The van der Waals surface area contributed by atoms with E-state index in [1.54, 1.807) is 46.8 Å². The summed E-state index contributed by atoms with van der Waals surface area (Å²) in [7, 11) is 0. The third kappa shape index (κ3) is 3.32. The van der Waals surface area contributed by atoms with E-state index in [4.69, 9.17) is 4.42 Å². The molecule has 4 rings (SSSR count). The Morgan fingerprint density at radius 2 is 1.96 bits per heavy atom. The third-order valence-corrected chi connectivity index (χ3v) is 4.99. The summed E-state index contributed by atoms with van der Waals surface area (Å²) in [6, 6.07) is 16.5. The first-order valence-electron chi connectivity index (χ1n) is 8.17. The molecule has 0 aliphatic rings. The van der Waals surface area contributed by atoms with Gasteiger partial charge in [0, 0.05) is 10.3 Å². The lowest BCUT2D eigenvalue weighted by Crippen LogP contribution is -2.31. The molecule has 0 bridgehead atoms. The van der Waals surface area contributed by atoms with Crippen molar-refractivity contribution in [2.75, 3.05) is 0 Å². The molecule has 5 nitrogen and oxygen atoms in total. The number of aromatic nitrogens is 1. The first-order valence-corrected chi connectivity index (χ1v) is 9.05. The van der Waals surface area contributed by atoms with Crippen LogP contribution in [0.25, 0.3) is 10.8 Å². The average molecular weight is 364 g/mol. The molecule has 0 atom stereocenters. The standard InChI is InChI=1S/C20H16N2O3S/c23-19-17-8-2-1-5-14(17)11-18(21-19)20(24)22(12-15-6-3-9-25-15)13-16-7-4-10-26-16/h1-11H,12-13H2,(H,21,23). The van der Waals surface area contributed by atoms with Crippen LogP contribution < -0.4 is 5.56 Å². The van der Waals surface area contributed by atoms with Crippen molar-refractivity contribution in [3.8, 4) is 0 Å². The Hall–Kier alpha value is -3.12. The van der Waals surface area contributed by atoms with Gasteiger partial charge in [-0.05, 0) is 41.1 Å². The summed E-state index contributed by atoms with van der Waals surface area (Å²) in [4.78, 5) is 30.9. The molecule has 0 aliphatic heterocycles. The van der Waals surface area contributed by atoms with Gasteiger partial charge in [0.1, 0.15) is 11.5 Å². The number of carbonyl (C=O) groups excluding carboxylic acids is 1. The number of H-pyrrole nitrogens is 1. The number of furan rings is 1. The van der Waals surface area contributed by atoms with Crippen LogP contribution in [0.2, 0.25) is 0 Å². The van der Waals surface area contributed by atoms with Crippen molar-refractivity contribution in [3.05, 3.63) is 92.9 Å². The molecule has 0 spiro atoms. The number of pyridine rings is 1. The molecule has 0 unspecified atom stereocenters. The van der Waals surface area contributed by atoms with Gasteiger partial charge in [-0.3, -0.25) is 9.59 Å². The zero-order valence-corrected chi connectivity index (χ0v) is 14.7. The van der Waals surface area contributed by atoms with Crippen molar-refractivity contribution < 1.29 is 9.21 Å². The van der Waals surface area contributed by atoms with Gasteiger partial charge >= 0.3 is 0 Å². The van der Waals surface area contributed by atoms with E-state index < -0.39 is 0 Å². The van der Waals surface area contributed by atoms with E-state index in [-0.39, 0.29) is 17.2 Å². The zero-order chi connectivity index (χ0) is 17.9. The van der Waals surface area contributed by atoms with Crippen LogP contribution in [0, 0.1) is 0 Å². The second kappa shape index (κ2) is 7.01. The number of nitrogens with one attached hydrogen (secondary N) is 1. The molecule has 0 aliphatic carbocycles.